The van der Waals surface area contributed by atoms with Crippen molar-refractivity contribution in [2.24, 2.45) is 0 Å². The summed E-state index contributed by atoms with van der Waals surface area (Å²) in [7, 11) is -3.32. The third-order valence-electron chi connectivity index (χ3n) is 5.83. The number of pyridine rings is 2. The van der Waals surface area contributed by atoms with Gasteiger partial charge in [-0.2, -0.15) is 0 Å². The minimum absolute atomic E-state index is 0.0754. The lowest BCUT2D eigenvalue weighted by Crippen LogP contribution is -2.39. The summed E-state index contributed by atoms with van der Waals surface area (Å²) in [6.45, 7) is 6.12. The minimum atomic E-state index is -3.32. The van der Waals surface area contributed by atoms with Crippen LogP contribution in [0.25, 0.3) is 0 Å². The second-order valence-corrected chi connectivity index (χ2v) is 10.4. The SMILES string of the molecule is CCc1cnc(N2CCC(Oc3ccc(CNc4ccc(S(C)(=O)=O)nc4C)cn3)CC2)nc1. The Morgan fingerprint density at radius 3 is 2.32 bits per heavy atom. The number of sulfone groups is 1. The molecule has 180 valence electrons. The lowest BCUT2D eigenvalue weighted by Gasteiger charge is -2.31. The fourth-order valence-corrected chi connectivity index (χ4v) is 4.37. The molecular weight excluding hydrogens is 452 g/mol. The summed E-state index contributed by atoms with van der Waals surface area (Å²) in [6.07, 6.45) is 9.56. The largest absolute Gasteiger partial charge is 0.474 e. The number of hydrogen-bond donors (Lipinski definition) is 1. The molecule has 0 radical (unpaired) electrons. The monoisotopic (exact) mass is 482 g/mol. The standard InChI is InChI=1S/C24H30N6O3S/c1-4-18-13-27-24(28-14-18)30-11-9-20(10-12-30)33-22-7-5-19(16-26-22)15-25-21-6-8-23(29-17(21)2)34(3,31)32/h5-8,13-14,16,20,25H,4,9-12,15H2,1-3H3. The number of aromatic nitrogens is 4. The van der Waals surface area contributed by atoms with Crippen LogP contribution in [0.5, 0.6) is 5.88 Å². The summed E-state index contributed by atoms with van der Waals surface area (Å²) < 4.78 is 29.4. The van der Waals surface area contributed by atoms with E-state index in [-0.39, 0.29) is 11.1 Å². The molecule has 0 aromatic carbocycles. The molecule has 0 aliphatic carbocycles. The van der Waals surface area contributed by atoms with Crippen molar-refractivity contribution in [2.45, 2.75) is 50.8 Å². The fourth-order valence-electron chi connectivity index (χ4n) is 3.75. The first-order valence-corrected chi connectivity index (χ1v) is 13.3. The van der Waals surface area contributed by atoms with Gasteiger partial charge in [0, 0.05) is 63.4 Å². The summed E-state index contributed by atoms with van der Waals surface area (Å²) in [5, 5.41) is 3.36. The van der Waals surface area contributed by atoms with Gasteiger partial charge in [0.05, 0.1) is 11.4 Å². The number of aryl methyl sites for hydroxylation is 2. The van der Waals surface area contributed by atoms with E-state index in [1.807, 2.05) is 24.5 Å². The van der Waals surface area contributed by atoms with E-state index < -0.39 is 9.84 Å². The predicted molar refractivity (Wildman–Crippen MR) is 131 cm³/mol. The molecular formula is C24H30N6O3S. The van der Waals surface area contributed by atoms with E-state index in [2.05, 4.69) is 37.1 Å². The Hall–Kier alpha value is -3.27. The van der Waals surface area contributed by atoms with Gasteiger partial charge in [0.15, 0.2) is 14.9 Å². The molecule has 1 aliphatic heterocycles. The summed E-state index contributed by atoms with van der Waals surface area (Å²) >= 11 is 0. The maximum atomic E-state index is 11.6. The van der Waals surface area contributed by atoms with Crippen molar-refractivity contribution in [3.05, 3.63) is 59.7 Å². The molecule has 0 spiro atoms. The second kappa shape index (κ2) is 10.3. The first kappa shape index (κ1) is 23.9. The molecule has 1 saturated heterocycles. The van der Waals surface area contributed by atoms with Crippen LogP contribution in [0.2, 0.25) is 0 Å². The third-order valence-corrected chi connectivity index (χ3v) is 6.82. The smallest absolute Gasteiger partial charge is 0.225 e. The topological polar surface area (TPSA) is 110 Å². The number of hydrogen-bond acceptors (Lipinski definition) is 9. The lowest BCUT2D eigenvalue weighted by molar-refractivity contribution is 0.163. The van der Waals surface area contributed by atoms with Gasteiger partial charge in [-0.15, -0.1) is 0 Å². The van der Waals surface area contributed by atoms with Gasteiger partial charge in [-0.3, -0.25) is 0 Å². The van der Waals surface area contributed by atoms with Crippen LogP contribution in [0.4, 0.5) is 11.6 Å². The van der Waals surface area contributed by atoms with Crippen LogP contribution in [-0.2, 0) is 22.8 Å². The van der Waals surface area contributed by atoms with Crippen molar-refractivity contribution in [1.29, 1.82) is 0 Å². The van der Waals surface area contributed by atoms with Crippen molar-refractivity contribution >= 4 is 21.5 Å². The molecule has 0 saturated carbocycles. The number of rotatable bonds is 8. The molecule has 0 atom stereocenters. The average molecular weight is 483 g/mol. The van der Waals surface area contributed by atoms with Crippen LogP contribution in [0.15, 0.2) is 47.9 Å². The van der Waals surface area contributed by atoms with Gasteiger partial charge < -0.3 is 15.0 Å². The highest BCUT2D eigenvalue weighted by atomic mass is 32.2. The lowest BCUT2D eigenvalue weighted by atomic mass is 10.1. The molecule has 0 amide bonds. The van der Waals surface area contributed by atoms with Gasteiger partial charge in [-0.05, 0) is 36.6 Å². The molecule has 3 aromatic rings. The Labute approximate surface area is 200 Å². The molecule has 1 N–H and O–H groups in total. The first-order valence-electron chi connectivity index (χ1n) is 11.4. The van der Waals surface area contributed by atoms with Crippen LogP contribution in [0.1, 0.15) is 36.6 Å². The van der Waals surface area contributed by atoms with Crippen LogP contribution < -0.4 is 15.0 Å². The van der Waals surface area contributed by atoms with Gasteiger partial charge in [-0.25, -0.2) is 28.4 Å². The van der Waals surface area contributed by atoms with Crippen molar-refractivity contribution < 1.29 is 13.2 Å². The van der Waals surface area contributed by atoms with E-state index in [9.17, 15) is 8.42 Å². The number of nitrogens with one attached hydrogen (secondary N) is 1. The maximum absolute atomic E-state index is 11.6. The zero-order chi connectivity index (χ0) is 24.1. The first-order chi connectivity index (χ1) is 16.3. The van der Waals surface area contributed by atoms with Gasteiger partial charge in [-0.1, -0.05) is 13.0 Å². The van der Waals surface area contributed by atoms with E-state index in [0.29, 0.717) is 18.1 Å². The van der Waals surface area contributed by atoms with Crippen LogP contribution in [0, 0.1) is 6.92 Å². The Balaban J connectivity index is 1.26. The van der Waals surface area contributed by atoms with Crippen LogP contribution in [0.3, 0.4) is 0 Å². The van der Waals surface area contributed by atoms with Crippen molar-refractivity contribution in [3.63, 3.8) is 0 Å². The third kappa shape index (κ3) is 5.99. The molecule has 0 bridgehead atoms. The molecule has 1 aliphatic rings. The molecule has 3 aromatic heterocycles. The second-order valence-electron chi connectivity index (χ2n) is 8.46. The molecule has 0 unspecified atom stereocenters. The zero-order valence-electron chi connectivity index (χ0n) is 19.7. The Bertz CT molecular complexity index is 1210. The van der Waals surface area contributed by atoms with Crippen molar-refractivity contribution in [1.82, 2.24) is 19.9 Å². The molecule has 4 heterocycles. The van der Waals surface area contributed by atoms with E-state index in [4.69, 9.17) is 4.74 Å². The molecule has 10 heteroatoms. The van der Waals surface area contributed by atoms with E-state index >= 15 is 0 Å². The van der Waals surface area contributed by atoms with Gasteiger partial charge >= 0.3 is 0 Å². The quantitative estimate of drug-likeness (QED) is 0.517. The number of ether oxygens (including phenoxy) is 1. The van der Waals surface area contributed by atoms with Gasteiger partial charge in [0.1, 0.15) is 6.10 Å². The van der Waals surface area contributed by atoms with E-state index in [1.165, 1.54) is 6.07 Å². The van der Waals surface area contributed by atoms with E-state index in [0.717, 1.165) is 61.4 Å². The summed E-state index contributed by atoms with van der Waals surface area (Å²) in [5.74, 6) is 1.39. The predicted octanol–water partition coefficient (Wildman–Crippen LogP) is 3.20. The van der Waals surface area contributed by atoms with Gasteiger partial charge in [0.25, 0.3) is 0 Å². The van der Waals surface area contributed by atoms with Gasteiger partial charge in [0.2, 0.25) is 11.8 Å². The van der Waals surface area contributed by atoms with E-state index in [1.54, 1.807) is 19.2 Å². The Morgan fingerprint density at radius 1 is 1.03 bits per heavy atom. The summed E-state index contributed by atoms with van der Waals surface area (Å²) in [6, 6.07) is 7.10. The Kier molecular flexibility index (Phi) is 7.26. The van der Waals surface area contributed by atoms with Crippen LogP contribution >= 0.6 is 0 Å². The minimum Gasteiger partial charge on any atom is -0.474 e. The highest BCUT2D eigenvalue weighted by Gasteiger charge is 2.22. The highest BCUT2D eigenvalue weighted by Crippen LogP contribution is 2.21. The molecule has 1 fully saturated rings. The highest BCUT2D eigenvalue weighted by molar-refractivity contribution is 7.90. The number of anilines is 2. The maximum Gasteiger partial charge on any atom is 0.225 e. The summed E-state index contributed by atoms with van der Waals surface area (Å²) in [5.41, 5.74) is 3.55. The molecule has 9 nitrogen and oxygen atoms in total. The van der Waals surface area contributed by atoms with Crippen molar-refractivity contribution in [2.75, 3.05) is 29.6 Å². The Morgan fingerprint density at radius 2 is 1.74 bits per heavy atom. The average Bonchev–Trinajstić information content (AvgIpc) is 2.84. The van der Waals surface area contributed by atoms with Crippen molar-refractivity contribution in [3.8, 4) is 5.88 Å². The number of nitrogens with zero attached hydrogens (tertiary/aromatic N) is 5. The number of piperidine rings is 1. The normalized spacial score (nSPS) is 14.7. The van der Waals surface area contributed by atoms with Crippen LogP contribution in [-0.4, -0.2) is 53.8 Å². The molecule has 4 rings (SSSR count). The zero-order valence-corrected chi connectivity index (χ0v) is 20.5. The molecule has 34 heavy (non-hydrogen) atoms. The fraction of sp³-hybridized carbons (Fsp3) is 0.417. The summed E-state index contributed by atoms with van der Waals surface area (Å²) in [4.78, 5) is 19.8.